The van der Waals surface area contributed by atoms with Gasteiger partial charge in [0.25, 0.3) is 5.91 Å². The zero-order chi connectivity index (χ0) is 19.6. The molecule has 0 heterocycles. The Hall–Kier alpha value is -2.47. The van der Waals surface area contributed by atoms with E-state index in [-0.39, 0.29) is 5.91 Å². The van der Waals surface area contributed by atoms with Gasteiger partial charge in [-0.2, -0.15) is 0 Å². The van der Waals surface area contributed by atoms with Gasteiger partial charge in [-0.1, -0.05) is 24.3 Å². The Labute approximate surface area is 166 Å². The van der Waals surface area contributed by atoms with Crippen molar-refractivity contribution in [1.82, 2.24) is 16.0 Å². The topological polar surface area (TPSA) is 65.5 Å². The summed E-state index contributed by atoms with van der Waals surface area (Å²) < 4.78 is 0. The van der Waals surface area contributed by atoms with Crippen LogP contribution in [0.15, 0.2) is 52.4 Å². The molecule has 0 aromatic heterocycles. The van der Waals surface area contributed by atoms with Gasteiger partial charge in [0.1, 0.15) is 0 Å². The van der Waals surface area contributed by atoms with Crippen LogP contribution in [0.2, 0.25) is 0 Å². The average Bonchev–Trinajstić information content (AvgIpc) is 2.70. The minimum absolute atomic E-state index is 0.0881. The Morgan fingerprint density at radius 2 is 1.96 bits per heavy atom. The second-order valence-corrected chi connectivity index (χ2v) is 6.99. The third-order valence-corrected chi connectivity index (χ3v) is 4.89. The largest absolute Gasteiger partial charge is 0.357 e. The number of carbonyl (C=O) groups is 1. The van der Waals surface area contributed by atoms with Gasteiger partial charge in [-0.15, -0.1) is 11.8 Å². The molecule has 0 saturated heterocycles. The summed E-state index contributed by atoms with van der Waals surface area (Å²) in [5.41, 5.74) is 4.15. The lowest BCUT2D eigenvalue weighted by molar-refractivity contribution is 0.0963. The SMILES string of the molecule is CCNC(=NCc1cccc(C(=O)NC)c1)NCc1ccc(C)cc1SC. The summed E-state index contributed by atoms with van der Waals surface area (Å²) in [6.45, 7) is 6.15. The van der Waals surface area contributed by atoms with Crippen LogP contribution < -0.4 is 16.0 Å². The van der Waals surface area contributed by atoms with E-state index >= 15 is 0 Å². The molecule has 0 unspecified atom stereocenters. The Bertz CT molecular complexity index is 805. The zero-order valence-corrected chi connectivity index (χ0v) is 17.2. The lowest BCUT2D eigenvalue weighted by atomic mass is 10.1. The molecule has 0 aliphatic carbocycles. The van der Waals surface area contributed by atoms with Crippen LogP contribution in [0.3, 0.4) is 0 Å². The number of carbonyl (C=O) groups excluding carboxylic acids is 1. The number of rotatable bonds is 7. The monoisotopic (exact) mass is 384 g/mol. The average molecular weight is 385 g/mol. The van der Waals surface area contributed by atoms with Crippen molar-refractivity contribution in [2.75, 3.05) is 19.8 Å². The minimum atomic E-state index is -0.0881. The van der Waals surface area contributed by atoms with Crippen LogP contribution in [0.4, 0.5) is 0 Å². The van der Waals surface area contributed by atoms with Crippen LogP contribution in [0, 0.1) is 6.92 Å². The smallest absolute Gasteiger partial charge is 0.251 e. The van der Waals surface area contributed by atoms with Crippen LogP contribution in [0.25, 0.3) is 0 Å². The highest BCUT2D eigenvalue weighted by Gasteiger charge is 2.05. The summed E-state index contributed by atoms with van der Waals surface area (Å²) in [5, 5.41) is 9.31. The summed E-state index contributed by atoms with van der Waals surface area (Å²) in [5.74, 6) is 0.672. The lowest BCUT2D eigenvalue weighted by Crippen LogP contribution is -2.36. The Balaban J connectivity index is 2.07. The Kier molecular flexibility index (Phi) is 8.20. The Morgan fingerprint density at radius 3 is 2.67 bits per heavy atom. The van der Waals surface area contributed by atoms with Gasteiger partial charge in [0.2, 0.25) is 0 Å². The fraction of sp³-hybridized carbons (Fsp3) is 0.333. The van der Waals surface area contributed by atoms with Crippen LogP contribution in [0.1, 0.15) is 34.0 Å². The van der Waals surface area contributed by atoms with Crippen molar-refractivity contribution >= 4 is 23.6 Å². The molecule has 0 atom stereocenters. The quantitative estimate of drug-likeness (QED) is 0.389. The predicted octanol–water partition coefficient (Wildman–Crippen LogP) is 3.33. The molecule has 0 bridgehead atoms. The van der Waals surface area contributed by atoms with Gasteiger partial charge < -0.3 is 16.0 Å². The summed E-state index contributed by atoms with van der Waals surface area (Å²) in [7, 11) is 1.63. The summed E-state index contributed by atoms with van der Waals surface area (Å²) in [6, 6.07) is 14.0. The molecule has 0 fully saturated rings. The van der Waals surface area contributed by atoms with Gasteiger partial charge >= 0.3 is 0 Å². The summed E-state index contributed by atoms with van der Waals surface area (Å²) in [6.07, 6.45) is 2.09. The van der Waals surface area contributed by atoms with Gasteiger partial charge in [-0.25, -0.2) is 4.99 Å². The highest BCUT2D eigenvalue weighted by atomic mass is 32.2. The number of benzene rings is 2. The summed E-state index contributed by atoms with van der Waals surface area (Å²) >= 11 is 1.75. The number of hydrogen-bond acceptors (Lipinski definition) is 3. The molecule has 27 heavy (non-hydrogen) atoms. The minimum Gasteiger partial charge on any atom is -0.357 e. The van der Waals surface area contributed by atoms with Gasteiger partial charge in [-0.3, -0.25) is 4.79 Å². The van der Waals surface area contributed by atoms with Crippen molar-refractivity contribution < 1.29 is 4.79 Å². The first-order chi connectivity index (χ1) is 13.1. The van der Waals surface area contributed by atoms with Crippen LogP contribution in [0.5, 0.6) is 0 Å². The number of amides is 1. The predicted molar refractivity (Wildman–Crippen MR) is 114 cm³/mol. The number of nitrogens with one attached hydrogen (secondary N) is 3. The number of aliphatic imine (C=N–C) groups is 1. The first-order valence-corrected chi connectivity index (χ1v) is 10.3. The number of nitrogens with zero attached hydrogens (tertiary/aromatic N) is 1. The van der Waals surface area contributed by atoms with Crippen molar-refractivity contribution in [3.63, 3.8) is 0 Å². The molecule has 0 saturated carbocycles. The number of hydrogen-bond donors (Lipinski definition) is 3. The van der Waals surface area contributed by atoms with Crippen LogP contribution >= 0.6 is 11.8 Å². The van der Waals surface area contributed by atoms with Crippen LogP contribution in [-0.2, 0) is 13.1 Å². The van der Waals surface area contributed by atoms with E-state index in [0.29, 0.717) is 18.7 Å². The van der Waals surface area contributed by atoms with Gasteiger partial charge in [0, 0.05) is 30.6 Å². The molecule has 0 spiro atoms. The molecule has 144 valence electrons. The normalized spacial score (nSPS) is 11.2. The maximum Gasteiger partial charge on any atom is 0.251 e. The number of aryl methyl sites for hydroxylation is 1. The third kappa shape index (κ3) is 6.32. The number of thioether (sulfide) groups is 1. The van der Waals surface area contributed by atoms with Crippen molar-refractivity contribution in [1.29, 1.82) is 0 Å². The molecule has 2 aromatic carbocycles. The molecular formula is C21H28N4OS. The fourth-order valence-electron chi connectivity index (χ4n) is 2.64. The van der Waals surface area contributed by atoms with Crippen molar-refractivity contribution in [3.8, 4) is 0 Å². The number of guanidine groups is 1. The molecule has 0 radical (unpaired) electrons. The van der Waals surface area contributed by atoms with Gasteiger partial charge in [0.05, 0.1) is 6.54 Å². The van der Waals surface area contributed by atoms with E-state index in [1.165, 1.54) is 16.0 Å². The maximum atomic E-state index is 11.8. The molecule has 5 nitrogen and oxygen atoms in total. The van der Waals surface area contributed by atoms with Crippen molar-refractivity contribution in [2.45, 2.75) is 31.8 Å². The van der Waals surface area contributed by atoms with E-state index in [1.54, 1.807) is 24.9 Å². The molecular weight excluding hydrogens is 356 g/mol. The van der Waals surface area contributed by atoms with E-state index in [2.05, 4.69) is 52.3 Å². The van der Waals surface area contributed by atoms with Gasteiger partial charge in [-0.05, 0) is 55.0 Å². The second-order valence-electron chi connectivity index (χ2n) is 6.14. The first-order valence-electron chi connectivity index (χ1n) is 9.04. The molecule has 6 heteroatoms. The highest BCUT2D eigenvalue weighted by Crippen LogP contribution is 2.21. The molecule has 2 rings (SSSR count). The molecule has 1 amide bonds. The van der Waals surface area contributed by atoms with E-state index in [4.69, 9.17) is 0 Å². The lowest BCUT2D eigenvalue weighted by Gasteiger charge is -2.14. The molecule has 2 aromatic rings. The van der Waals surface area contributed by atoms with E-state index in [9.17, 15) is 4.79 Å². The fourth-order valence-corrected chi connectivity index (χ4v) is 3.35. The Morgan fingerprint density at radius 1 is 1.15 bits per heavy atom. The highest BCUT2D eigenvalue weighted by molar-refractivity contribution is 7.98. The standard InChI is InChI=1S/C21H28N4OS/c1-5-23-21(25-14-18-10-9-15(2)11-19(18)27-4)24-13-16-7-6-8-17(12-16)20(26)22-3/h6-12H,5,13-14H2,1-4H3,(H,22,26)(H2,23,24,25). The molecule has 0 aliphatic heterocycles. The molecule has 0 aliphatic rings. The first kappa shape index (κ1) is 20.8. The van der Waals surface area contributed by atoms with Crippen molar-refractivity contribution in [3.05, 3.63) is 64.7 Å². The van der Waals surface area contributed by atoms with Crippen LogP contribution in [-0.4, -0.2) is 31.7 Å². The van der Waals surface area contributed by atoms with E-state index in [1.807, 2.05) is 25.1 Å². The molecule has 3 N–H and O–H groups in total. The zero-order valence-electron chi connectivity index (χ0n) is 16.4. The van der Waals surface area contributed by atoms with E-state index in [0.717, 1.165) is 18.1 Å². The van der Waals surface area contributed by atoms with E-state index < -0.39 is 0 Å². The second kappa shape index (κ2) is 10.6. The van der Waals surface area contributed by atoms with Gasteiger partial charge in [0.15, 0.2) is 5.96 Å². The summed E-state index contributed by atoms with van der Waals surface area (Å²) in [4.78, 5) is 17.7. The third-order valence-electron chi connectivity index (χ3n) is 4.07. The van der Waals surface area contributed by atoms with Crippen molar-refractivity contribution in [2.24, 2.45) is 4.99 Å². The maximum absolute atomic E-state index is 11.8.